The van der Waals surface area contributed by atoms with Crippen molar-refractivity contribution < 1.29 is 19.1 Å². The second-order valence-electron chi connectivity index (χ2n) is 9.60. The Morgan fingerprint density at radius 2 is 1.58 bits per heavy atom. The van der Waals surface area contributed by atoms with Crippen LogP contribution >= 0.6 is 0 Å². The molecule has 26 heavy (non-hydrogen) atoms. The second kappa shape index (κ2) is 8.28. The van der Waals surface area contributed by atoms with Crippen molar-refractivity contribution in [1.29, 1.82) is 0 Å². The molecule has 148 valence electrons. The van der Waals surface area contributed by atoms with Gasteiger partial charge in [-0.1, -0.05) is 0 Å². The van der Waals surface area contributed by atoms with Crippen molar-refractivity contribution in [2.24, 2.45) is 29.6 Å². The van der Waals surface area contributed by atoms with Gasteiger partial charge in [-0.2, -0.15) is 0 Å². The third-order valence-electron chi connectivity index (χ3n) is 6.28. The third kappa shape index (κ3) is 5.45. The predicted molar refractivity (Wildman–Crippen MR) is 99.4 cm³/mol. The fourth-order valence-electron chi connectivity index (χ4n) is 5.57. The largest absolute Gasteiger partial charge is 0.460 e. The van der Waals surface area contributed by atoms with E-state index in [9.17, 15) is 9.59 Å². The fourth-order valence-corrected chi connectivity index (χ4v) is 5.57. The van der Waals surface area contributed by atoms with E-state index in [2.05, 4.69) is 5.32 Å². The van der Waals surface area contributed by atoms with E-state index in [1.54, 1.807) is 0 Å². The zero-order valence-electron chi connectivity index (χ0n) is 16.6. The van der Waals surface area contributed by atoms with Crippen molar-refractivity contribution >= 4 is 11.9 Å². The van der Waals surface area contributed by atoms with Crippen molar-refractivity contribution in [1.82, 2.24) is 5.32 Å². The van der Waals surface area contributed by atoms with Gasteiger partial charge in [0.15, 0.2) is 0 Å². The van der Waals surface area contributed by atoms with Crippen LogP contribution < -0.4 is 5.32 Å². The number of carbonyl (C=O) groups excluding carboxylic acids is 2. The Morgan fingerprint density at radius 3 is 2.15 bits per heavy atom. The van der Waals surface area contributed by atoms with Crippen molar-refractivity contribution in [2.45, 2.75) is 71.3 Å². The summed E-state index contributed by atoms with van der Waals surface area (Å²) in [5.74, 6) is 4.02. The lowest BCUT2D eigenvalue weighted by Crippen LogP contribution is -2.46. The molecule has 0 aromatic carbocycles. The van der Waals surface area contributed by atoms with Gasteiger partial charge in [-0.15, -0.1) is 0 Å². The minimum atomic E-state index is -0.455. The van der Waals surface area contributed by atoms with E-state index in [0.717, 1.165) is 23.7 Å². The first-order valence-electron chi connectivity index (χ1n) is 10.4. The zero-order chi connectivity index (χ0) is 18.7. The molecule has 0 unspecified atom stereocenters. The van der Waals surface area contributed by atoms with E-state index < -0.39 is 5.60 Å². The average Bonchev–Trinajstić information content (AvgIpc) is 2.52. The molecular weight excluding hydrogens is 330 g/mol. The molecule has 1 amide bonds. The number of amides is 1. The molecule has 1 N–H and O–H groups in total. The highest BCUT2D eigenvalue weighted by molar-refractivity contribution is 5.76. The maximum absolute atomic E-state index is 12.3. The van der Waals surface area contributed by atoms with Gasteiger partial charge in [-0.05, 0) is 82.5 Å². The van der Waals surface area contributed by atoms with Crippen molar-refractivity contribution in [3.63, 3.8) is 0 Å². The molecule has 0 saturated heterocycles. The van der Waals surface area contributed by atoms with Crippen LogP contribution in [-0.2, 0) is 19.1 Å². The Kier molecular flexibility index (Phi) is 6.26. The summed E-state index contributed by atoms with van der Waals surface area (Å²) in [7, 11) is 0. The van der Waals surface area contributed by atoms with Crippen molar-refractivity contribution in [3.05, 3.63) is 0 Å². The lowest BCUT2D eigenvalue weighted by Gasteiger charge is -2.54. The molecule has 0 spiro atoms. The van der Waals surface area contributed by atoms with Gasteiger partial charge in [0.25, 0.3) is 0 Å². The van der Waals surface area contributed by atoms with Gasteiger partial charge in [0.2, 0.25) is 5.91 Å². The quantitative estimate of drug-likeness (QED) is 0.529. The van der Waals surface area contributed by atoms with E-state index in [0.29, 0.717) is 32.1 Å². The van der Waals surface area contributed by atoms with E-state index in [-0.39, 0.29) is 18.3 Å². The van der Waals surface area contributed by atoms with Crippen LogP contribution in [0.25, 0.3) is 0 Å². The van der Waals surface area contributed by atoms with Crippen LogP contribution in [0.2, 0.25) is 0 Å². The molecule has 0 aromatic rings. The van der Waals surface area contributed by atoms with Gasteiger partial charge in [0, 0.05) is 13.0 Å². The number of nitrogens with one attached hydrogen (secondary N) is 1. The molecule has 0 atom stereocenters. The highest BCUT2D eigenvalue weighted by Crippen LogP contribution is 2.57. The SMILES string of the molecule is CC(C)(C)OC(=O)CCOCCNC(=O)CC1C2CC3CC(C2)CC1C3. The van der Waals surface area contributed by atoms with Crippen LogP contribution in [0.5, 0.6) is 0 Å². The summed E-state index contributed by atoms with van der Waals surface area (Å²) in [6, 6.07) is 0. The molecule has 0 aliphatic heterocycles. The Hall–Kier alpha value is -1.10. The van der Waals surface area contributed by atoms with Crippen molar-refractivity contribution in [3.8, 4) is 0 Å². The maximum Gasteiger partial charge on any atom is 0.308 e. The van der Waals surface area contributed by atoms with E-state index >= 15 is 0 Å². The Labute approximate surface area is 157 Å². The molecule has 0 heterocycles. The number of hydrogen-bond donors (Lipinski definition) is 1. The standard InChI is InChI=1S/C21H35NO4/c1-21(2,3)26-20(24)4-6-25-7-5-22-19(23)13-18-16-9-14-8-15(11-16)12-17(18)10-14/h14-18H,4-13H2,1-3H3,(H,22,23). The van der Waals surface area contributed by atoms with Gasteiger partial charge in [-0.3, -0.25) is 9.59 Å². The minimum Gasteiger partial charge on any atom is -0.460 e. The van der Waals surface area contributed by atoms with Gasteiger partial charge >= 0.3 is 5.97 Å². The van der Waals surface area contributed by atoms with E-state index in [1.165, 1.54) is 32.1 Å². The topological polar surface area (TPSA) is 64.6 Å². The van der Waals surface area contributed by atoms with Crippen LogP contribution in [0.1, 0.15) is 65.7 Å². The second-order valence-corrected chi connectivity index (χ2v) is 9.60. The molecule has 0 aromatic heterocycles. The molecular formula is C21H35NO4. The van der Waals surface area contributed by atoms with Gasteiger partial charge in [0.1, 0.15) is 5.60 Å². The summed E-state index contributed by atoms with van der Waals surface area (Å²) < 4.78 is 10.7. The van der Waals surface area contributed by atoms with Gasteiger partial charge < -0.3 is 14.8 Å². The van der Waals surface area contributed by atoms with Crippen LogP contribution in [0.15, 0.2) is 0 Å². The normalized spacial score (nSPS) is 32.5. The molecule has 5 heteroatoms. The lowest BCUT2D eigenvalue weighted by molar-refractivity contribution is -0.156. The predicted octanol–water partition coefficient (Wildman–Crippen LogP) is 3.31. The number of carbonyl (C=O) groups is 2. The van der Waals surface area contributed by atoms with Crippen LogP contribution in [0.3, 0.4) is 0 Å². The fraction of sp³-hybridized carbons (Fsp3) is 0.905. The third-order valence-corrected chi connectivity index (χ3v) is 6.28. The molecule has 4 aliphatic carbocycles. The van der Waals surface area contributed by atoms with Crippen LogP contribution in [0.4, 0.5) is 0 Å². The van der Waals surface area contributed by atoms with Crippen molar-refractivity contribution in [2.75, 3.05) is 19.8 Å². The molecule has 5 nitrogen and oxygen atoms in total. The number of esters is 1. The molecule has 4 fully saturated rings. The Morgan fingerprint density at radius 1 is 0.962 bits per heavy atom. The monoisotopic (exact) mass is 365 g/mol. The summed E-state index contributed by atoms with van der Waals surface area (Å²) in [4.78, 5) is 23.9. The summed E-state index contributed by atoms with van der Waals surface area (Å²) >= 11 is 0. The minimum absolute atomic E-state index is 0.165. The highest BCUT2D eigenvalue weighted by atomic mass is 16.6. The molecule has 4 rings (SSSR count). The smallest absolute Gasteiger partial charge is 0.308 e. The first-order chi connectivity index (χ1) is 12.3. The average molecular weight is 366 g/mol. The Balaban J connectivity index is 1.25. The number of hydrogen-bond acceptors (Lipinski definition) is 4. The summed E-state index contributed by atoms with van der Waals surface area (Å²) in [6.45, 7) is 6.84. The molecule has 4 saturated carbocycles. The first kappa shape index (κ1) is 19.7. The van der Waals surface area contributed by atoms with Crippen LogP contribution in [0, 0.1) is 29.6 Å². The van der Waals surface area contributed by atoms with Gasteiger partial charge in [-0.25, -0.2) is 0 Å². The van der Waals surface area contributed by atoms with E-state index in [4.69, 9.17) is 9.47 Å². The zero-order valence-corrected chi connectivity index (χ0v) is 16.6. The Bertz CT molecular complexity index is 483. The number of rotatable bonds is 8. The lowest BCUT2D eigenvalue weighted by atomic mass is 9.51. The summed E-state index contributed by atoms with van der Waals surface area (Å²) in [5, 5.41) is 2.99. The number of ether oxygens (including phenoxy) is 2. The summed E-state index contributed by atoms with van der Waals surface area (Å²) in [6.07, 6.45) is 7.83. The summed E-state index contributed by atoms with van der Waals surface area (Å²) in [5.41, 5.74) is -0.455. The first-order valence-corrected chi connectivity index (χ1v) is 10.4. The molecule has 4 aliphatic rings. The maximum atomic E-state index is 12.3. The van der Waals surface area contributed by atoms with E-state index in [1.807, 2.05) is 20.8 Å². The van der Waals surface area contributed by atoms with Gasteiger partial charge in [0.05, 0.1) is 19.6 Å². The van der Waals surface area contributed by atoms with Crippen LogP contribution in [-0.4, -0.2) is 37.2 Å². The molecule has 0 radical (unpaired) electrons. The highest BCUT2D eigenvalue weighted by Gasteiger charge is 2.48. The molecule has 4 bridgehead atoms.